The average Bonchev–Trinajstić information content (AvgIpc) is 2.67. The highest BCUT2D eigenvalue weighted by Crippen LogP contribution is 2.62. The van der Waals surface area contributed by atoms with Crippen LogP contribution in [0.4, 0.5) is 13.2 Å². The summed E-state index contributed by atoms with van der Waals surface area (Å²) in [6.07, 6.45) is 9.53. The number of halogens is 3. The number of benzene rings is 1. The first kappa shape index (κ1) is 18.7. The van der Waals surface area contributed by atoms with Crippen LogP contribution in [-0.2, 0) is 0 Å². The van der Waals surface area contributed by atoms with Crippen molar-refractivity contribution in [2.45, 2.75) is 58.3 Å². The van der Waals surface area contributed by atoms with Gasteiger partial charge in [0.1, 0.15) is 5.83 Å². The number of phenolic OH excluding ortho intramolecular Hbond substituents is 1. The Morgan fingerprint density at radius 1 is 1.00 bits per heavy atom. The lowest BCUT2D eigenvalue weighted by Gasteiger charge is -2.54. The number of ether oxygens (including phenoxy) is 1. The molecule has 4 aliphatic rings. The van der Waals surface area contributed by atoms with E-state index in [1.165, 1.54) is 18.9 Å². The predicted octanol–water partition coefficient (Wildman–Crippen LogP) is 6.29. The van der Waals surface area contributed by atoms with Crippen molar-refractivity contribution in [3.63, 3.8) is 0 Å². The van der Waals surface area contributed by atoms with E-state index in [1.54, 1.807) is 6.08 Å². The van der Waals surface area contributed by atoms with Crippen LogP contribution in [0.25, 0.3) is 0 Å². The van der Waals surface area contributed by atoms with Gasteiger partial charge < -0.3 is 9.84 Å². The lowest BCUT2D eigenvalue weighted by atomic mass is 9.51. The van der Waals surface area contributed by atoms with E-state index in [0.717, 1.165) is 50.5 Å². The molecular weight excluding hydrogens is 353 g/mol. The molecule has 0 radical (unpaired) electrons. The minimum absolute atomic E-state index is 0.0134. The van der Waals surface area contributed by atoms with Crippen LogP contribution >= 0.6 is 0 Å². The second-order valence-corrected chi connectivity index (χ2v) is 8.97. The topological polar surface area (TPSA) is 29.5 Å². The summed E-state index contributed by atoms with van der Waals surface area (Å²) in [6.45, 7) is 2.40. The quantitative estimate of drug-likeness (QED) is 0.665. The molecule has 2 fully saturated rings. The fourth-order valence-corrected chi connectivity index (χ4v) is 5.45. The number of hydrogen-bond acceptors (Lipinski definition) is 2. The fourth-order valence-electron chi connectivity index (χ4n) is 5.45. The molecule has 0 atom stereocenters. The summed E-state index contributed by atoms with van der Waals surface area (Å²) in [5, 5.41) is 9.22. The van der Waals surface area contributed by atoms with Crippen molar-refractivity contribution in [2.75, 3.05) is 6.61 Å². The second-order valence-electron chi connectivity index (χ2n) is 8.97. The Hall–Kier alpha value is -1.65. The molecule has 148 valence electrons. The van der Waals surface area contributed by atoms with E-state index >= 15 is 4.39 Å². The lowest BCUT2D eigenvalue weighted by Crippen LogP contribution is -2.47. The molecular formula is C22H27F3O2. The molecule has 5 heteroatoms. The molecule has 2 bridgehead atoms. The zero-order valence-corrected chi connectivity index (χ0v) is 15.7. The maximum atomic E-state index is 15.2. The van der Waals surface area contributed by atoms with Gasteiger partial charge in [0.15, 0.2) is 11.5 Å². The first-order valence-electron chi connectivity index (χ1n) is 10.0. The van der Waals surface area contributed by atoms with Crippen LogP contribution in [0.1, 0.15) is 58.3 Å². The van der Waals surface area contributed by atoms with Crippen LogP contribution < -0.4 is 4.74 Å². The van der Waals surface area contributed by atoms with Gasteiger partial charge in [0, 0.05) is 10.8 Å². The van der Waals surface area contributed by atoms with Gasteiger partial charge in [0.25, 0.3) is 0 Å². The Balaban J connectivity index is 1.49. The maximum Gasteiger partial charge on any atom is 0.204 e. The Labute approximate surface area is 158 Å². The Morgan fingerprint density at radius 2 is 1.67 bits per heavy atom. The van der Waals surface area contributed by atoms with Crippen molar-refractivity contribution in [3.05, 3.63) is 35.7 Å². The number of rotatable bonds is 4. The van der Waals surface area contributed by atoms with Gasteiger partial charge in [-0.1, -0.05) is 19.8 Å². The summed E-state index contributed by atoms with van der Waals surface area (Å²) in [5.74, 6) is -2.35. The van der Waals surface area contributed by atoms with Crippen molar-refractivity contribution in [1.29, 1.82) is 0 Å². The Bertz CT molecular complexity index is 742. The van der Waals surface area contributed by atoms with Gasteiger partial charge in [-0.25, -0.2) is 4.39 Å². The lowest BCUT2D eigenvalue weighted by molar-refractivity contribution is -0.00672. The number of fused-ring (bicyclic) bond motifs is 2. The number of phenols is 1. The van der Waals surface area contributed by atoms with E-state index in [9.17, 15) is 13.9 Å². The summed E-state index contributed by atoms with van der Waals surface area (Å²) in [6, 6.07) is 2.28. The van der Waals surface area contributed by atoms with Crippen LogP contribution in [0.3, 0.4) is 0 Å². The molecule has 2 nitrogen and oxygen atoms in total. The summed E-state index contributed by atoms with van der Waals surface area (Å²) >= 11 is 0. The highest BCUT2D eigenvalue weighted by molar-refractivity contribution is 5.34. The van der Waals surface area contributed by atoms with Crippen LogP contribution in [0.5, 0.6) is 11.5 Å². The molecule has 1 N–H and O–H groups in total. The van der Waals surface area contributed by atoms with Gasteiger partial charge >= 0.3 is 0 Å². The highest BCUT2D eigenvalue weighted by Gasteiger charge is 2.54. The van der Waals surface area contributed by atoms with E-state index in [-0.39, 0.29) is 23.6 Å². The second kappa shape index (κ2) is 6.75. The van der Waals surface area contributed by atoms with Crippen molar-refractivity contribution in [1.82, 2.24) is 0 Å². The third-order valence-electron chi connectivity index (χ3n) is 7.39. The standard InChI is InChI=1S/C22H27F3O2/c1-14-2-4-15(5-3-14)22-10-8-21(9-11-22,12-18(22)23)13-27-17-7-6-16(26)19(24)20(17)25/h6-7,12,14-15,26H,2-5,8-11,13H2,1H3. The predicted molar refractivity (Wildman–Crippen MR) is 97.2 cm³/mol. The van der Waals surface area contributed by atoms with Crippen LogP contribution in [0.2, 0.25) is 0 Å². The van der Waals surface area contributed by atoms with Gasteiger partial charge in [0.05, 0.1) is 6.61 Å². The van der Waals surface area contributed by atoms with E-state index in [1.807, 2.05) is 0 Å². The molecule has 0 aliphatic heterocycles. The summed E-state index contributed by atoms with van der Waals surface area (Å²) in [5.41, 5.74) is -0.758. The summed E-state index contributed by atoms with van der Waals surface area (Å²) in [4.78, 5) is 0. The molecule has 0 heterocycles. The first-order valence-corrected chi connectivity index (χ1v) is 10.0. The molecule has 1 aromatic rings. The van der Waals surface area contributed by atoms with E-state index in [2.05, 4.69) is 6.92 Å². The van der Waals surface area contributed by atoms with Crippen molar-refractivity contribution >= 4 is 0 Å². The largest absolute Gasteiger partial charge is 0.505 e. The average molecular weight is 380 g/mol. The molecule has 0 aromatic heterocycles. The molecule has 4 aliphatic carbocycles. The minimum atomic E-state index is -1.32. The summed E-state index contributed by atoms with van der Waals surface area (Å²) < 4.78 is 48.2. The number of aromatic hydroxyl groups is 1. The monoisotopic (exact) mass is 380 g/mol. The number of hydrogen-bond donors (Lipinski definition) is 1. The molecule has 27 heavy (non-hydrogen) atoms. The normalized spacial score (nSPS) is 35.8. The van der Waals surface area contributed by atoms with E-state index in [0.29, 0.717) is 5.92 Å². The molecule has 2 saturated carbocycles. The molecule has 5 rings (SSSR count). The van der Waals surface area contributed by atoms with Crippen molar-refractivity contribution in [3.8, 4) is 11.5 Å². The van der Waals surface area contributed by atoms with Crippen LogP contribution in [-0.4, -0.2) is 11.7 Å². The van der Waals surface area contributed by atoms with Gasteiger partial charge in [-0.3, -0.25) is 0 Å². The summed E-state index contributed by atoms with van der Waals surface area (Å²) in [7, 11) is 0. The van der Waals surface area contributed by atoms with Gasteiger partial charge in [-0.05, 0) is 68.6 Å². The first-order chi connectivity index (χ1) is 12.9. The van der Waals surface area contributed by atoms with Crippen LogP contribution in [0.15, 0.2) is 24.0 Å². The third kappa shape index (κ3) is 3.13. The van der Waals surface area contributed by atoms with Gasteiger partial charge in [0.2, 0.25) is 11.6 Å². The van der Waals surface area contributed by atoms with E-state index in [4.69, 9.17) is 4.74 Å². The smallest absolute Gasteiger partial charge is 0.204 e. The van der Waals surface area contributed by atoms with Gasteiger partial charge in [-0.2, -0.15) is 8.78 Å². The zero-order valence-electron chi connectivity index (χ0n) is 15.7. The minimum Gasteiger partial charge on any atom is -0.505 e. The van der Waals surface area contributed by atoms with E-state index < -0.39 is 22.8 Å². The molecule has 0 unspecified atom stereocenters. The zero-order chi connectivity index (χ0) is 19.2. The maximum absolute atomic E-state index is 15.2. The molecule has 1 aromatic carbocycles. The Kier molecular flexibility index (Phi) is 4.68. The third-order valence-corrected chi connectivity index (χ3v) is 7.39. The molecule has 0 spiro atoms. The fraction of sp³-hybridized carbons (Fsp3) is 0.636. The SMILES string of the molecule is CC1CCC(C23CCC(COc4ccc(O)c(F)c4F)(C=C2F)CC3)CC1. The molecule has 0 saturated heterocycles. The number of allylic oxidation sites excluding steroid dienone is 1. The van der Waals surface area contributed by atoms with Crippen LogP contribution in [0, 0.1) is 34.3 Å². The van der Waals surface area contributed by atoms with Crippen molar-refractivity contribution in [2.24, 2.45) is 22.7 Å². The highest BCUT2D eigenvalue weighted by atomic mass is 19.2. The van der Waals surface area contributed by atoms with Crippen molar-refractivity contribution < 1.29 is 23.0 Å². The molecule has 0 amide bonds. The Morgan fingerprint density at radius 3 is 2.30 bits per heavy atom. The van der Waals surface area contributed by atoms with Gasteiger partial charge in [-0.15, -0.1) is 0 Å².